The van der Waals surface area contributed by atoms with E-state index in [4.69, 9.17) is 0 Å². The molecule has 0 amide bonds. The normalized spacial score (nSPS) is 16.0. The molecule has 0 radical (unpaired) electrons. The zero-order chi connectivity index (χ0) is 16.7. The monoisotopic (exact) mass is 323 g/mol. The fourth-order valence-corrected chi connectivity index (χ4v) is 3.60. The molecule has 0 aliphatic carbocycles. The molecule has 0 atom stereocenters. The molecule has 0 bridgehead atoms. The van der Waals surface area contributed by atoms with Crippen molar-refractivity contribution < 1.29 is 0 Å². The number of hydrogen-bond acceptors (Lipinski definition) is 4. The van der Waals surface area contributed by atoms with E-state index < -0.39 is 0 Å². The molecule has 1 aliphatic heterocycles. The van der Waals surface area contributed by atoms with E-state index in [1.165, 1.54) is 0 Å². The summed E-state index contributed by atoms with van der Waals surface area (Å²) >= 11 is 0. The van der Waals surface area contributed by atoms with Gasteiger partial charge in [0.1, 0.15) is 5.82 Å². The van der Waals surface area contributed by atoms with Crippen molar-refractivity contribution in [1.82, 2.24) is 19.5 Å². The maximum Gasteiger partial charge on any atom is 0.326 e. The Morgan fingerprint density at radius 3 is 2.71 bits per heavy atom. The van der Waals surface area contributed by atoms with Crippen molar-refractivity contribution in [3.05, 3.63) is 52.3 Å². The van der Waals surface area contributed by atoms with Crippen molar-refractivity contribution in [2.45, 2.75) is 32.7 Å². The first-order valence-electron chi connectivity index (χ1n) is 8.38. The molecule has 3 aromatic rings. The number of aromatic amines is 1. The van der Waals surface area contributed by atoms with Gasteiger partial charge in [-0.2, -0.15) is 0 Å². The first-order chi connectivity index (χ1) is 11.6. The van der Waals surface area contributed by atoms with Gasteiger partial charge in [0.2, 0.25) is 0 Å². The van der Waals surface area contributed by atoms with E-state index >= 15 is 0 Å². The number of para-hydroxylation sites is 2. The van der Waals surface area contributed by atoms with E-state index in [0.29, 0.717) is 0 Å². The number of imidazole rings is 1. The minimum atomic E-state index is -0.0128. The predicted molar refractivity (Wildman–Crippen MR) is 94.5 cm³/mol. The lowest BCUT2D eigenvalue weighted by Crippen LogP contribution is -2.38. The van der Waals surface area contributed by atoms with Gasteiger partial charge in [-0.3, -0.25) is 9.55 Å². The first kappa shape index (κ1) is 14.9. The topological polar surface area (TPSA) is 66.8 Å². The number of H-pyrrole nitrogens is 1. The lowest BCUT2D eigenvalue weighted by atomic mass is 10.0. The second kappa shape index (κ2) is 5.78. The van der Waals surface area contributed by atoms with E-state index in [1.807, 2.05) is 42.7 Å². The van der Waals surface area contributed by atoms with E-state index in [9.17, 15) is 4.79 Å². The van der Waals surface area contributed by atoms with Gasteiger partial charge in [0.15, 0.2) is 0 Å². The van der Waals surface area contributed by atoms with Gasteiger partial charge in [0.25, 0.3) is 0 Å². The Hall–Kier alpha value is -2.63. The standard InChI is InChI=1S/C18H21N5O/c1-12-11-19-13(2)17(20-12)22-9-7-14(8-10-22)23-16-6-4-3-5-15(16)21-18(23)24/h3-6,11,14H,7-10H2,1-2H3,(H,21,24). The zero-order valence-corrected chi connectivity index (χ0v) is 14.0. The predicted octanol–water partition coefficient (Wildman–Crippen LogP) is 2.58. The number of anilines is 1. The van der Waals surface area contributed by atoms with Crippen LogP contribution in [0.2, 0.25) is 0 Å². The summed E-state index contributed by atoms with van der Waals surface area (Å²) in [5, 5.41) is 0. The van der Waals surface area contributed by atoms with E-state index in [0.717, 1.165) is 54.2 Å². The third-order valence-electron chi connectivity index (χ3n) is 4.80. The smallest absolute Gasteiger partial charge is 0.326 e. The van der Waals surface area contributed by atoms with Crippen molar-refractivity contribution >= 4 is 16.9 Å². The second-order valence-electron chi connectivity index (χ2n) is 6.46. The van der Waals surface area contributed by atoms with Crippen LogP contribution < -0.4 is 10.6 Å². The molecule has 24 heavy (non-hydrogen) atoms. The third kappa shape index (κ3) is 2.48. The maximum atomic E-state index is 12.4. The SMILES string of the molecule is Cc1cnc(C)c(N2CCC(n3c(=O)[nH]c4ccccc43)CC2)n1. The van der Waals surface area contributed by atoms with Gasteiger partial charge in [-0.1, -0.05) is 12.1 Å². The molecule has 0 unspecified atom stereocenters. The molecule has 6 heteroatoms. The van der Waals surface area contributed by atoms with E-state index in [1.54, 1.807) is 6.20 Å². The van der Waals surface area contributed by atoms with Gasteiger partial charge < -0.3 is 9.88 Å². The van der Waals surface area contributed by atoms with Gasteiger partial charge in [0, 0.05) is 25.3 Å². The minimum absolute atomic E-state index is 0.0128. The van der Waals surface area contributed by atoms with Crippen molar-refractivity contribution in [3.63, 3.8) is 0 Å². The van der Waals surface area contributed by atoms with Crippen LogP contribution in [-0.2, 0) is 0 Å². The lowest BCUT2D eigenvalue weighted by molar-refractivity contribution is 0.395. The highest BCUT2D eigenvalue weighted by molar-refractivity contribution is 5.75. The van der Waals surface area contributed by atoms with Gasteiger partial charge in [0.05, 0.1) is 22.4 Å². The number of hydrogen-bond donors (Lipinski definition) is 1. The summed E-state index contributed by atoms with van der Waals surface area (Å²) in [5.74, 6) is 0.972. The molecule has 1 fully saturated rings. The summed E-state index contributed by atoms with van der Waals surface area (Å²) in [4.78, 5) is 26.7. The highest BCUT2D eigenvalue weighted by Gasteiger charge is 2.25. The lowest BCUT2D eigenvalue weighted by Gasteiger charge is -2.33. The molecule has 1 N–H and O–H groups in total. The summed E-state index contributed by atoms with van der Waals surface area (Å²) in [5.41, 5.74) is 3.79. The van der Waals surface area contributed by atoms with Gasteiger partial charge in [-0.25, -0.2) is 9.78 Å². The fourth-order valence-electron chi connectivity index (χ4n) is 3.60. The average molecular weight is 323 g/mol. The Labute approximate surface area is 140 Å². The molecule has 124 valence electrons. The summed E-state index contributed by atoms with van der Waals surface area (Å²) in [6, 6.07) is 8.12. The van der Waals surface area contributed by atoms with Crippen LogP contribution in [0.4, 0.5) is 5.82 Å². The number of fused-ring (bicyclic) bond motifs is 1. The number of rotatable bonds is 2. The molecule has 0 spiro atoms. The number of nitrogens with zero attached hydrogens (tertiary/aromatic N) is 4. The largest absolute Gasteiger partial charge is 0.355 e. The van der Waals surface area contributed by atoms with Crippen LogP contribution in [0.15, 0.2) is 35.3 Å². The molecule has 1 aliphatic rings. The van der Waals surface area contributed by atoms with Crippen molar-refractivity contribution in [2.24, 2.45) is 0 Å². The van der Waals surface area contributed by atoms with Crippen LogP contribution in [-0.4, -0.2) is 32.6 Å². The molecule has 1 aromatic carbocycles. The van der Waals surface area contributed by atoms with Crippen LogP contribution in [0.25, 0.3) is 11.0 Å². The van der Waals surface area contributed by atoms with Crippen molar-refractivity contribution in [1.29, 1.82) is 0 Å². The van der Waals surface area contributed by atoms with Gasteiger partial charge in [-0.05, 0) is 38.8 Å². The molecule has 6 nitrogen and oxygen atoms in total. The Morgan fingerprint density at radius 2 is 1.92 bits per heavy atom. The molecular formula is C18H21N5O. The number of nitrogens with one attached hydrogen (secondary N) is 1. The van der Waals surface area contributed by atoms with Crippen molar-refractivity contribution in [3.8, 4) is 0 Å². The van der Waals surface area contributed by atoms with Gasteiger partial charge >= 0.3 is 5.69 Å². The Balaban J connectivity index is 1.59. The summed E-state index contributed by atoms with van der Waals surface area (Å²) in [6.07, 6.45) is 3.66. The quantitative estimate of drug-likeness (QED) is 0.787. The number of piperidine rings is 1. The average Bonchev–Trinajstić information content (AvgIpc) is 2.93. The molecule has 2 aromatic heterocycles. The maximum absolute atomic E-state index is 12.4. The third-order valence-corrected chi connectivity index (χ3v) is 4.80. The molecule has 0 saturated carbocycles. The molecule has 4 rings (SSSR count). The minimum Gasteiger partial charge on any atom is -0.355 e. The zero-order valence-electron chi connectivity index (χ0n) is 14.0. The van der Waals surface area contributed by atoms with Crippen LogP contribution in [0.5, 0.6) is 0 Å². The highest BCUT2D eigenvalue weighted by Crippen LogP contribution is 2.28. The van der Waals surface area contributed by atoms with E-state index in [-0.39, 0.29) is 11.7 Å². The molecule has 1 saturated heterocycles. The Morgan fingerprint density at radius 1 is 1.17 bits per heavy atom. The summed E-state index contributed by atoms with van der Waals surface area (Å²) < 4.78 is 1.92. The van der Waals surface area contributed by atoms with Crippen LogP contribution in [0.1, 0.15) is 30.3 Å². The molecule has 3 heterocycles. The number of aromatic nitrogens is 4. The summed E-state index contributed by atoms with van der Waals surface area (Å²) in [7, 11) is 0. The second-order valence-corrected chi connectivity index (χ2v) is 6.46. The first-order valence-corrected chi connectivity index (χ1v) is 8.38. The van der Waals surface area contributed by atoms with E-state index in [2.05, 4.69) is 19.9 Å². The highest BCUT2D eigenvalue weighted by atomic mass is 16.1. The van der Waals surface area contributed by atoms with Crippen LogP contribution in [0, 0.1) is 13.8 Å². The fraction of sp³-hybridized carbons (Fsp3) is 0.389. The number of benzene rings is 1. The van der Waals surface area contributed by atoms with Crippen LogP contribution in [0.3, 0.4) is 0 Å². The summed E-state index contributed by atoms with van der Waals surface area (Å²) in [6.45, 7) is 5.73. The van der Waals surface area contributed by atoms with Gasteiger partial charge in [-0.15, -0.1) is 0 Å². The Kier molecular flexibility index (Phi) is 3.59. The van der Waals surface area contributed by atoms with Crippen molar-refractivity contribution in [2.75, 3.05) is 18.0 Å². The Bertz CT molecular complexity index is 934. The molecular weight excluding hydrogens is 302 g/mol. The number of aryl methyl sites for hydroxylation is 2. The van der Waals surface area contributed by atoms with Crippen LogP contribution >= 0.6 is 0 Å².